The number of aromatic nitrogens is 6. The highest BCUT2D eigenvalue weighted by atomic mass is 19.1. The molecule has 8 heterocycles. The standard InChI is InChI=1S/C48H52FN13O5/c1-50-36-24-42(55-62-41(26-52-44(36)62)46(65)53-35-23-33(35)49)60-17-14-32-31(4-3-5-37(32)60)34-8-6-29(25-51-34)47(66)59-20-18-57(19-21-59)27-28-12-15-58(16-13-28)30-7-9-38-40(22-30)56(2)48(67)61(38)39-10-11-43(63)54-45(39)64/h3-9,22,24-26,28,33,35,39,50H,10-21,23,27H2,1-2H3,(H,53,65)(H,54,63,64)/t33-,35+,39?/m0/s1. The first-order valence-electron chi connectivity index (χ1n) is 23.2. The molecule has 67 heavy (non-hydrogen) atoms. The molecule has 6 aromatic rings. The van der Waals surface area contributed by atoms with Crippen molar-refractivity contribution in [1.29, 1.82) is 0 Å². The van der Waals surface area contributed by atoms with Crippen LogP contribution in [0.1, 0.15) is 64.6 Å². The van der Waals surface area contributed by atoms with Gasteiger partial charge >= 0.3 is 5.69 Å². The highest BCUT2D eigenvalue weighted by Crippen LogP contribution is 2.40. The van der Waals surface area contributed by atoms with E-state index in [0.717, 1.165) is 85.7 Å². The van der Waals surface area contributed by atoms with Crippen LogP contribution in [0.5, 0.6) is 0 Å². The van der Waals surface area contributed by atoms with E-state index in [0.29, 0.717) is 66.6 Å². The summed E-state index contributed by atoms with van der Waals surface area (Å²) in [5.74, 6) is -0.00497. The summed E-state index contributed by atoms with van der Waals surface area (Å²) in [6, 6.07) is 16.6. The monoisotopic (exact) mass is 909 g/mol. The van der Waals surface area contributed by atoms with Gasteiger partial charge in [-0.3, -0.25) is 43.5 Å². The minimum Gasteiger partial charge on any atom is -0.385 e. The maximum absolute atomic E-state index is 13.7. The number of halogens is 1. The van der Waals surface area contributed by atoms with E-state index in [4.69, 9.17) is 10.1 Å². The normalized spacial score (nSPS) is 21.2. The fourth-order valence-corrected chi connectivity index (χ4v) is 10.4. The van der Waals surface area contributed by atoms with Gasteiger partial charge in [-0.1, -0.05) is 12.1 Å². The molecule has 4 aliphatic heterocycles. The lowest BCUT2D eigenvalue weighted by Crippen LogP contribution is -2.50. The topological polar surface area (TPSA) is 187 Å². The largest absolute Gasteiger partial charge is 0.385 e. The number of piperazine rings is 1. The summed E-state index contributed by atoms with van der Waals surface area (Å²) in [4.78, 5) is 82.5. The summed E-state index contributed by atoms with van der Waals surface area (Å²) in [7, 11) is 3.52. The first-order valence-corrected chi connectivity index (χ1v) is 23.2. The number of carbonyl (C=O) groups excluding carboxylic acids is 4. The van der Waals surface area contributed by atoms with Gasteiger partial charge in [0.25, 0.3) is 11.8 Å². The van der Waals surface area contributed by atoms with E-state index in [-0.39, 0.29) is 29.6 Å². The van der Waals surface area contributed by atoms with Crippen molar-refractivity contribution in [2.45, 2.75) is 56.8 Å². The van der Waals surface area contributed by atoms with Crippen LogP contribution < -0.4 is 31.4 Å². The fraction of sp³-hybridized carbons (Fsp3) is 0.417. The van der Waals surface area contributed by atoms with E-state index in [2.05, 4.69) is 35.6 Å². The highest BCUT2D eigenvalue weighted by molar-refractivity contribution is 6.00. The molecular formula is C48H52FN13O5. The average Bonchev–Trinajstić information content (AvgIpc) is 3.62. The van der Waals surface area contributed by atoms with Crippen molar-refractivity contribution in [2.75, 3.05) is 74.5 Å². The number of hydrogen-bond acceptors (Lipinski definition) is 12. The number of alkyl halides is 1. The number of piperidine rings is 2. The zero-order valence-corrected chi connectivity index (χ0v) is 37.5. The van der Waals surface area contributed by atoms with Gasteiger partial charge in [-0.15, -0.1) is 5.10 Å². The summed E-state index contributed by atoms with van der Waals surface area (Å²) in [5.41, 5.74) is 8.08. The molecule has 19 heteroatoms. The van der Waals surface area contributed by atoms with Gasteiger partial charge in [0.05, 0.1) is 40.2 Å². The predicted octanol–water partition coefficient (Wildman–Crippen LogP) is 3.67. The molecule has 11 rings (SSSR count). The van der Waals surface area contributed by atoms with E-state index in [1.165, 1.54) is 15.3 Å². The second-order valence-corrected chi connectivity index (χ2v) is 18.4. The Bertz CT molecular complexity index is 3020. The number of amides is 4. The van der Waals surface area contributed by atoms with Crippen molar-refractivity contribution in [3.63, 3.8) is 0 Å². The number of imidazole rings is 2. The second-order valence-electron chi connectivity index (χ2n) is 18.4. The van der Waals surface area contributed by atoms with E-state index >= 15 is 0 Å². The van der Waals surface area contributed by atoms with Crippen molar-refractivity contribution in [3.05, 3.63) is 94.3 Å². The third-order valence-electron chi connectivity index (χ3n) is 14.3. The third kappa shape index (κ3) is 7.73. The molecule has 3 saturated heterocycles. The molecule has 5 aliphatic rings. The smallest absolute Gasteiger partial charge is 0.329 e. The Kier molecular flexibility index (Phi) is 10.7. The SMILES string of the molecule is CNc1cc(N2CCc3c(-c4ccc(C(=O)N5CCN(CC6CCN(c7ccc8c(c7)n(C)c(=O)n8C7CCC(=O)NC7=O)CC6)CC5)cn4)cccc32)nn2c(C(=O)N[C@@H]3C[C@@H]3F)cnc12. The number of benzene rings is 2. The highest BCUT2D eigenvalue weighted by Gasteiger charge is 2.39. The molecule has 1 unspecified atom stereocenters. The molecule has 4 amide bonds. The first-order chi connectivity index (χ1) is 32.5. The molecule has 1 saturated carbocycles. The van der Waals surface area contributed by atoms with Crippen LogP contribution in [0.2, 0.25) is 0 Å². The summed E-state index contributed by atoms with van der Waals surface area (Å²) in [6.07, 6.45) is 5.77. The number of aryl methyl sites for hydroxylation is 1. The molecule has 1 aliphatic carbocycles. The number of rotatable bonds is 10. The van der Waals surface area contributed by atoms with Crippen LogP contribution in [0.15, 0.2) is 71.8 Å². The zero-order chi connectivity index (χ0) is 46.1. The molecular weight excluding hydrogens is 858 g/mol. The van der Waals surface area contributed by atoms with E-state index < -0.39 is 30.1 Å². The average molecular weight is 910 g/mol. The van der Waals surface area contributed by atoms with Gasteiger partial charge < -0.3 is 25.3 Å². The van der Waals surface area contributed by atoms with Crippen LogP contribution in [0.3, 0.4) is 0 Å². The minimum absolute atomic E-state index is 0.0191. The van der Waals surface area contributed by atoms with Gasteiger partial charge in [0.15, 0.2) is 17.2 Å². The zero-order valence-electron chi connectivity index (χ0n) is 37.5. The van der Waals surface area contributed by atoms with Crippen LogP contribution in [0.4, 0.5) is 27.3 Å². The Morgan fingerprint density at radius 3 is 2.42 bits per heavy atom. The van der Waals surface area contributed by atoms with Crippen molar-refractivity contribution in [1.82, 2.24) is 49.1 Å². The van der Waals surface area contributed by atoms with Gasteiger partial charge in [-0.25, -0.2) is 18.7 Å². The number of pyridine rings is 1. The molecule has 0 spiro atoms. The van der Waals surface area contributed by atoms with Gasteiger partial charge in [0, 0.05) is 108 Å². The number of carbonyl (C=O) groups is 4. The van der Waals surface area contributed by atoms with Gasteiger partial charge in [0.2, 0.25) is 11.8 Å². The molecule has 0 radical (unpaired) electrons. The molecule has 2 aromatic carbocycles. The Hall–Kier alpha value is -7.15. The molecule has 18 nitrogen and oxygen atoms in total. The van der Waals surface area contributed by atoms with Crippen molar-refractivity contribution >= 4 is 63.2 Å². The summed E-state index contributed by atoms with van der Waals surface area (Å²) < 4.78 is 18.2. The molecule has 346 valence electrons. The van der Waals surface area contributed by atoms with Crippen LogP contribution in [-0.4, -0.2) is 134 Å². The maximum Gasteiger partial charge on any atom is 0.329 e. The third-order valence-corrected chi connectivity index (χ3v) is 14.3. The fourth-order valence-electron chi connectivity index (χ4n) is 10.4. The summed E-state index contributed by atoms with van der Waals surface area (Å²) in [6.45, 7) is 6.36. The summed E-state index contributed by atoms with van der Waals surface area (Å²) in [5, 5.41) is 13.1. The van der Waals surface area contributed by atoms with Gasteiger partial charge in [-0.05, 0) is 73.6 Å². The lowest BCUT2D eigenvalue weighted by molar-refractivity contribution is -0.135. The van der Waals surface area contributed by atoms with Crippen LogP contribution in [-0.2, 0) is 23.1 Å². The second kappa shape index (κ2) is 16.9. The Morgan fingerprint density at radius 1 is 0.881 bits per heavy atom. The lowest BCUT2D eigenvalue weighted by Gasteiger charge is -2.39. The summed E-state index contributed by atoms with van der Waals surface area (Å²) >= 11 is 0. The van der Waals surface area contributed by atoms with Crippen LogP contribution in [0, 0.1) is 5.92 Å². The molecule has 4 fully saturated rings. The van der Waals surface area contributed by atoms with Crippen molar-refractivity contribution in [2.24, 2.45) is 13.0 Å². The van der Waals surface area contributed by atoms with Gasteiger partial charge in [0.1, 0.15) is 12.2 Å². The molecule has 4 aromatic heterocycles. The molecule has 3 atom stereocenters. The van der Waals surface area contributed by atoms with E-state index in [1.807, 2.05) is 59.5 Å². The number of hydrogen-bond donors (Lipinski definition) is 3. The Morgan fingerprint density at radius 2 is 1.69 bits per heavy atom. The number of nitrogens with one attached hydrogen (secondary N) is 3. The van der Waals surface area contributed by atoms with Gasteiger partial charge in [-0.2, -0.15) is 0 Å². The Labute approximate surface area is 384 Å². The van der Waals surface area contributed by atoms with E-state index in [1.54, 1.807) is 24.9 Å². The number of anilines is 4. The lowest BCUT2D eigenvalue weighted by atomic mass is 9.95. The van der Waals surface area contributed by atoms with Crippen molar-refractivity contribution < 1.29 is 23.6 Å². The number of nitrogens with zero attached hydrogens (tertiary/aromatic N) is 10. The van der Waals surface area contributed by atoms with Crippen molar-refractivity contribution in [3.8, 4) is 11.3 Å². The number of fused-ring (bicyclic) bond motifs is 3. The Balaban J connectivity index is 0.694. The molecule has 3 N–H and O–H groups in total. The van der Waals surface area contributed by atoms with Crippen LogP contribution in [0.25, 0.3) is 27.9 Å². The number of imide groups is 1. The molecule has 0 bridgehead atoms. The van der Waals surface area contributed by atoms with Crippen LogP contribution >= 0.6 is 0 Å². The quantitative estimate of drug-likeness (QED) is 0.170. The van der Waals surface area contributed by atoms with E-state index in [9.17, 15) is 28.4 Å². The maximum atomic E-state index is 13.7. The minimum atomic E-state index is -1.02. The predicted molar refractivity (Wildman–Crippen MR) is 250 cm³/mol. The first kappa shape index (κ1) is 42.5.